The van der Waals surface area contributed by atoms with E-state index in [9.17, 15) is 4.39 Å². The number of hydrogen-bond donors (Lipinski definition) is 1. The van der Waals surface area contributed by atoms with Crippen LogP contribution >= 0.6 is 0 Å². The van der Waals surface area contributed by atoms with Gasteiger partial charge in [0.05, 0.1) is 0 Å². The molecule has 1 heterocycles. The first kappa shape index (κ1) is 12.7. The van der Waals surface area contributed by atoms with Crippen molar-refractivity contribution in [2.24, 2.45) is 5.73 Å². The van der Waals surface area contributed by atoms with Gasteiger partial charge in [0.1, 0.15) is 5.82 Å². The van der Waals surface area contributed by atoms with Crippen molar-refractivity contribution in [2.45, 2.75) is 25.8 Å². The van der Waals surface area contributed by atoms with Crippen molar-refractivity contribution in [2.75, 3.05) is 0 Å². The largest absolute Gasteiger partial charge is 0.324 e. The summed E-state index contributed by atoms with van der Waals surface area (Å²) in [5, 5.41) is 0. The van der Waals surface area contributed by atoms with Gasteiger partial charge in [0.2, 0.25) is 0 Å². The molecule has 0 aliphatic rings. The minimum atomic E-state index is -0.195. The highest BCUT2D eigenvalue weighted by Gasteiger charge is 2.12. The highest BCUT2D eigenvalue weighted by Crippen LogP contribution is 2.21. The number of pyridine rings is 1. The predicted octanol–water partition coefficient (Wildman–Crippen LogP) is 3.03. The Morgan fingerprint density at radius 2 is 2.00 bits per heavy atom. The molecule has 0 spiro atoms. The lowest BCUT2D eigenvalue weighted by Crippen LogP contribution is -2.16. The number of nitrogens with two attached hydrogens (primary N) is 1. The summed E-state index contributed by atoms with van der Waals surface area (Å²) < 4.78 is 13.6. The highest BCUT2D eigenvalue weighted by atomic mass is 19.1. The molecule has 2 aromatic rings. The fraction of sp³-hybridized carbons (Fsp3) is 0.267. The highest BCUT2D eigenvalue weighted by molar-refractivity contribution is 5.29. The third kappa shape index (κ3) is 2.74. The van der Waals surface area contributed by atoms with Crippen LogP contribution in [0.3, 0.4) is 0 Å². The maximum Gasteiger partial charge on any atom is 0.126 e. The van der Waals surface area contributed by atoms with Crippen LogP contribution in [0.1, 0.15) is 29.7 Å². The molecule has 0 saturated carbocycles. The molecule has 0 aliphatic carbocycles. The van der Waals surface area contributed by atoms with Gasteiger partial charge in [-0.2, -0.15) is 0 Å². The van der Waals surface area contributed by atoms with Gasteiger partial charge in [0, 0.05) is 18.4 Å². The van der Waals surface area contributed by atoms with Gasteiger partial charge >= 0.3 is 0 Å². The first-order valence-corrected chi connectivity index (χ1v) is 6.14. The number of rotatable bonds is 4. The molecule has 1 unspecified atom stereocenters. The molecule has 0 amide bonds. The Kier molecular flexibility index (Phi) is 4.05. The lowest BCUT2D eigenvalue weighted by Gasteiger charge is -2.15. The molecule has 2 N–H and O–H groups in total. The molecule has 18 heavy (non-hydrogen) atoms. The van der Waals surface area contributed by atoms with Crippen molar-refractivity contribution >= 4 is 0 Å². The first-order valence-electron chi connectivity index (χ1n) is 6.14. The zero-order valence-electron chi connectivity index (χ0n) is 10.4. The molecule has 1 atom stereocenters. The molecule has 1 aromatic heterocycles. The zero-order chi connectivity index (χ0) is 13.0. The normalized spacial score (nSPS) is 12.4. The Hall–Kier alpha value is -1.74. The molecule has 0 bridgehead atoms. The van der Waals surface area contributed by atoms with Crippen molar-refractivity contribution < 1.29 is 4.39 Å². The third-order valence-electron chi connectivity index (χ3n) is 3.12. The smallest absolute Gasteiger partial charge is 0.126 e. The zero-order valence-corrected chi connectivity index (χ0v) is 10.4. The molecule has 3 heteroatoms. The average molecular weight is 244 g/mol. The van der Waals surface area contributed by atoms with E-state index in [4.69, 9.17) is 5.73 Å². The molecular formula is C15H17FN2. The van der Waals surface area contributed by atoms with E-state index >= 15 is 0 Å². The summed E-state index contributed by atoms with van der Waals surface area (Å²) in [6.45, 7) is 2.07. The molecule has 94 valence electrons. The fourth-order valence-corrected chi connectivity index (χ4v) is 2.11. The van der Waals surface area contributed by atoms with Crippen molar-refractivity contribution in [3.63, 3.8) is 0 Å². The van der Waals surface area contributed by atoms with Crippen molar-refractivity contribution in [3.8, 4) is 0 Å². The van der Waals surface area contributed by atoms with E-state index in [0.29, 0.717) is 12.0 Å². The standard InChI is InChI=1S/C15H17FN2/c1-2-11-10-18-8-7-13(11)15(17)9-12-5-3-4-6-14(12)16/h3-8,10,15H,2,9,17H2,1H3. The molecule has 0 radical (unpaired) electrons. The number of halogens is 1. The van der Waals surface area contributed by atoms with Crippen LogP contribution in [0, 0.1) is 5.82 Å². The van der Waals surface area contributed by atoms with Gasteiger partial charge in [0.15, 0.2) is 0 Å². The SMILES string of the molecule is CCc1cnccc1C(N)Cc1ccccc1F. The van der Waals surface area contributed by atoms with E-state index < -0.39 is 0 Å². The van der Waals surface area contributed by atoms with Crippen molar-refractivity contribution in [1.29, 1.82) is 0 Å². The summed E-state index contributed by atoms with van der Waals surface area (Å²) in [7, 11) is 0. The minimum Gasteiger partial charge on any atom is -0.324 e. The van der Waals surface area contributed by atoms with E-state index in [1.165, 1.54) is 6.07 Å². The minimum absolute atomic E-state index is 0.194. The second-order valence-corrected chi connectivity index (χ2v) is 4.33. The maximum absolute atomic E-state index is 13.6. The monoisotopic (exact) mass is 244 g/mol. The van der Waals surface area contributed by atoms with E-state index in [1.807, 2.05) is 18.3 Å². The van der Waals surface area contributed by atoms with Crippen LogP contribution in [0.5, 0.6) is 0 Å². The second-order valence-electron chi connectivity index (χ2n) is 4.33. The van der Waals surface area contributed by atoms with Crippen molar-refractivity contribution in [1.82, 2.24) is 4.98 Å². The third-order valence-corrected chi connectivity index (χ3v) is 3.12. The van der Waals surface area contributed by atoms with Gasteiger partial charge in [-0.3, -0.25) is 4.98 Å². The van der Waals surface area contributed by atoms with Gasteiger partial charge in [-0.1, -0.05) is 25.1 Å². The molecule has 2 nitrogen and oxygen atoms in total. The van der Waals surface area contributed by atoms with Crippen LogP contribution in [0.25, 0.3) is 0 Å². The van der Waals surface area contributed by atoms with Gasteiger partial charge in [-0.05, 0) is 41.7 Å². The first-order chi connectivity index (χ1) is 8.72. The van der Waals surface area contributed by atoms with Crippen LogP contribution in [0.2, 0.25) is 0 Å². The quantitative estimate of drug-likeness (QED) is 0.897. The molecule has 1 aromatic carbocycles. The average Bonchev–Trinajstić information content (AvgIpc) is 2.41. The van der Waals surface area contributed by atoms with E-state index in [2.05, 4.69) is 11.9 Å². The van der Waals surface area contributed by atoms with Crippen LogP contribution in [0.4, 0.5) is 4.39 Å². The fourth-order valence-electron chi connectivity index (χ4n) is 2.11. The summed E-state index contributed by atoms with van der Waals surface area (Å²) in [6.07, 6.45) is 4.95. The molecular weight excluding hydrogens is 227 g/mol. The van der Waals surface area contributed by atoms with Gasteiger partial charge in [-0.15, -0.1) is 0 Å². The van der Waals surface area contributed by atoms with Crippen LogP contribution < -0.4 is 5.73 Å². The van der Waals surface area contributed by atoms with Crippen LogP contribution in [-0.2, 0) is 12.8 Å². The Balaban J connectivity index is 2.22. The lowest BCUT2D eigenvalue weighted by atomic mass is 9.96. The number of hydrogen-bond acceptors (Lipinski definition) is 2. The molecule has 0 fully saturated rings. The number of nitrogens with zero attached hydrogens (tertiary/aromatic N) is 1. The summed E-state index contributed by atoms with van der Waals surface area (Å²) in [5.41, 5.74) is 9.01. The number of benzene rings is 1. The Morgan fingerprint density at radius 3 is 2.72 bits per heavy atom. The van der Waals surface area contributed by atoms with Gasteiger partial charge < -0.3 is 5.73 Å². The second kappa shape index (κ2) is 5.74. The van der Waals surface area contributed by atoms with Gasteiger partial charge in [0.25, 0.3) is 0 Å². The molecule has 2 rings (SSSR count). The Bertz CT molecular complexity index is 525. The summed E-state index contributed by atoms with van der Waals surface area (Å²) >= 11 is 0. The summed E-state index contributed by atoms with van der Waals surface area (Å²) in [4.78, 5) is 4.09. The van der Waals surface area contributed by atoms with Gasteiger partial charge in [-0.25, -0.2) is 4.39 Å². The lowest BCUT2D eigenvalue weighted by molar-refractivity contribution is 0.592. The molecule has 0 saturated heterocycles. The topological polar surface area (TPSA) is 38.9 Å². The van der Waals surface area contributed by atoms with Crippen molar-refractivity contribution in [3.05, 3.63) is 65.2 Å². The van der Waals surface area contributed by atoms with Crippen LogP contribution in [0.15, 0.2) is 42.7 Å². The number of aryl methyl sites for hydroxylation is 1. The predicted molar refractivity (Wildman–Crippen MR) is 70.6 cm³/mol. The Labute approximate surface area is 107 Å². The summed E-state index contributed by atoms with van der Waals surface area (Å²) in [5.74, 6) is -0.194. The number of aromatic nitrogens is 1. The Morgan fingerprint density at radius 1 is 1.22 bits per heavy atom. The van der Waals surface area contributed by atoms with Crippen LogP contribution in [-0.4, -0.2) is 4.98 Å². The van der Waals surface area contributed by atoms with E-state index in [-0.39, 0.29) is 11.9 Å². The molecule has 0 aliphatic heterocycles. The van der Waals surface area contributed by atoms with E-state index in [0.717, 1.165) is 17.5 Å². The maximum atomic E-state index is 13.6. The summed E-state index contributed by atoms with van der Waals surface area (Å²) in [6, 6.07) is 8.49. The van der Waals surface area contributed by atoms with E-state index in [1.54, 1.807) is 18.3 Å².